The number of benzene rings is 1. The van der Waals surface area contributed by atoms with Crippen LogP contribution >= 0.6 is 22.9 Å². The summed E-state index contributed by atoms with van der Waals surface area (Å²) >= 11 is 6.84. The van der Waals surface area contributed by atoms with Gasteiger partial charge in [0.05, 0.1) is 40.1 Å². The van der Waals surface area contributed by atoms with E-state index in [1.165, 1.54) is 24.5 Å². The molecule has 172 valence electrons. The van der Waals surface area contributed by atoms with Crippen LogP contribution in [0.1, 0.15) is 16.1 Å². The molecule has 0 fully saturated rings. The summed E-state index contributed by atoms with van der Waals surface area (Å²) in [4.78, 5) is 21.5. The molecule has 0 atom stereocenters. The van der Waals surface area contributed by atoms with Crippen LogP contribution < -0.4 is 11.5 Å². The molecule has 0 aliphatic heterocycles. The van der Waals surface area contributed by atoms with Gasteiger partial charge in [0, 0.05) is 5.56 Å². The second-order valence-corrected chi connectivity index (χ2v) is 8.33. The fourth-order valence-electron chi connectivity index (χ4n) is 3.45. The van der Waals surface area contributed by atoms with Crippen LogP contribution in [-0.2, 0) is 6.18 Å². The molecule has 1 aromatic carbocycles. The number of fused-ring (bicyclic) bond motifs is 1. The van der Waals surface area contributed by atoms with Crippen molar-refractivity contribution in [3.05, 3.63) is 59.3 Å². The molecular weight excluding hydrogens is 495 g/mol. The van der Waals surface area contributed by atoms with Crippen LogP contribution in [0.4, 0.5) is 18.3 Å². The molecule has 0 radical (unpaired) electrons. The largest absolute Gasteiger partial charge is 0.434 e. The second kappa shape index (κ2) is 7.78. The van der Waals surface area contributed by atoms with Gasteiger partial charge in [0.2, 0.25) is 0 Å². The van der Waals surface area contributed by atoms with E-state index in [1.54, 1.807) is 12.1 Å². The van der Waals surface area contributed by atoms with E-state index in [-0.39, 0.29) is 32.9 Å². The number of carbonyl (C=O) groups is 1. The summed E-state index contributed by atoms with van der Waals surface area (Å²) < 4.78 is 43.8. The predicted octanol–water partition coefficient (Wildman–Crippen LogP) is 3.48. The van der Waals surface area contributed by atoms with Gasteiger partial charge >= 0.3 is 6.18 Å². The Kier molecular flexibility index (Phi) is 4.98. The Morgan fingerprint density at radius 2 is 1.88 bits per heavy atom. The maximum atomic E-state index is 14.3. The maximum Gasteiger partial charge on any atom is 0.434 e. The number of hydrogen-bond acceptors (Lipinski definition) is 8. The summed E-state index contributed by atoms with van der Waals surface area (Å²) in [7, 11) is 0. The number of primary amides is 1. The minimum absolute atomic E-state index is 0.0794. The fourth-order valence-corrected chi connectivity index (χ4v) is 4.41. The average Bonchev–Trinajstić information content (AvgIpc) is 3.48. The smallest absolute Gasteiger partial charge is 0.375 e. The number of hydrogen-bond donors (Lipinski definition) is 2. The number of halogens is 4. The van der Waals surface area contributed by atoms with Crippen LogP contribution in [0.25, 0.3) is 32.8 Å². The van der Waals surface area contributed by atoms with Crippen LogP contribution in [0.5, 0.6) is 0 Å². The molecule has 0 spiro atoms. The van der Waals surface area contributed by atoms with E-state index in [0.717, 1.165) is 22.3 Å². The molecule has 5 aromatic rings. The first kappa shape index (κ1) is 21.8. The summed E-state index contributed by atoms with van der Waals surface area (Å²) in [6.45, 7) is 0. The van der Waals surface area contributed by atoms with Crippen molar-refractivity contribution in [2.45, 2.75) is 6.18 Å². The van der Waals surface area contributed by atoms with E-state index < -0.39 is 23.3 Å². The monoisotopic (exact) mass is 505 g/mol. The lowest BCUT2D eigenvalue weighted by atomic mass is 10.0. The van der Waals surface area contributed by atoms with Crippen LogP contribution in [0.2, 0.25) is 5.15 Å². The molecular formula is C19H11ClF3N9OS. The van der Waals surface area contributed by atoms with Gasteiger partial charge in [0.1, 0.15) is 11.4 Å². The first-order valence-electron chi connectivity index (χ1n) is 9.32. The molecule has 1 amide bonds. The Bertz CT molecular complexity index is 1570. The molecule has 0 aliphatic carbocycles. The number of amides is 1. The van der Waals surface area contributed by atoms with Crippen LogP contribution in [-0.4, -0.2) is 40.6 Å². The third-order valence-electron chi connectivity index (χ3n) is 4.74. The Morgan fingerprint density at radius 1 is 1.12 bits per heavy atom. The Hall–Kier alpha value is -4.04. The minimum atomic E-state index is -4.99. The van der Waals surface area contributed by atoms with Crippen molar-refractivity contribution >= 4 is 44.2 Å². The van der Waals surface area contributed by atoms with Gasteiger partial charge in [0.25, 0.3) is 5.91 Å². The zero-order valence-corrected chi connectivity index (χ0v) is 18.2. The number of thiazole rings is 1. The van der Waals surface area contributed by atoms with Gasteiger partial charge in [0.15, 0.2) is 16.0 Å². The van der Waals surface area contributed by atoms with E-state index in [2.05, 4.69) is 25.3 Å². The number of nitrogen functional groups attached to an aromatic ring is 1. The number of carbonyl (C=O) groups excluding carboxylic acids is 1. The van der Waals surface area contributed by atoms with Crippen LogP contribution in [0, 0.1) is 0 Å². The maximum absolute atomic E-state index is 14.3. The molecule has 4 heterocycles. The second-order valence-electron chi connectivity index (χ2n) is 6.91. The van der Waals surface area contributed by atoms with Gasteiger partial charge in [-0.1, -0.05) is 35.1 Å². The van der Waals surface area contributed by atoms with E-state index >= 15 is 0 Å². The van der Waals surface area contributed by atoms with Crippen molar-refractivity contribution in [3.8, 4) is 22.6 Å². The average molecular weight is 506 g/mol. The lowest BCUT2D eigenvalue weighted by molar-refractivity contribution is -0.143. The highest BCUT2D eigenvalue weighted by Gasteiger charge is 2.43. The summed E-state index contributed by atoms with van der Waals surface area (Å²) in [5.41, 5.74) is 9.59. The Labute approximate surface area is 196 Å². The first-order valence-corrected chi connectivity index (χ1v) is 10.5. The van der Waals surface area contributed by atoms with E-state index in [9.17, 15) is 18.0 Å². The van der Waals surface area contributed by atoms with Gasteiger partial charge in [-0.25, -0.2) is 9.67 Å². The Balaban J connectivity index is 1.80. The van der Waals surface area contributed by atoms with Gasteiger partial charge in [-0.15, -0.1) is 9.90 Å². The number of nitrogens with two attached hydrogens (primary N) is 2. The molecule has 0 bridgehead atoms. The topological polar surface area (TPSA) is 143 Å². The number of rotatable bonds is 4. The Morgan fingerprint density at radius 3 is 2.56 bits per heavy atom. The van der Waals surface area contributed by atoms with Crippen molar-refractivity contribution < 1.29 is 18.0 Å². The molecule has 0 saturated carbocycles. The number of aromatic nitrogens is 7. The molecule has 4 aromatic heterocycles. The van der Waals surface area contributed by atoms with Crippen molar-refractivity contribution in [2.75, 3.05) is 5.73 Å². The summed E-state index contributed by atoms with van der Waals surface area (Å²) in [6, 6.07) is 6.05. The van der Waals surface area contributed by atoms with E-state index in [4.69, 9.17) is 23.1 Å². The van der Waals surface area contributed by atoms with E-state index in [0.29, 0.717) is 14.9 Å². The molecule has 0 aliphatic rings. The SMILES string of the molecule is NC(=O)c1c(-c2cccc3nc(N)sc23)nn(-c2cncc(-n3ncc(Cl)n3)c2)c1C(F)(F)F. The highest BCUT2D eigenvalue weighted by atomic mass is 35.5. The molecule has 0 unspecified atom stereocenters. The van der Waals surface area contributed by atoms with Crippen LogP contribution in [0.15, 0.2) is 42.9 Å². The standard InChI is InChI=1S/C19H11ClF3N9OS/c20-12-7-27-32(29-12)9-4-8(5-26-6-9)31-16(19(21,22)23)13(17(24)33)14(30-31)10-2-1-3-11-15(10)34-18(25)28-11/h1-7H,(H2,24,33)(H2,25,28). The van der Waals surface area contributed by atoms with Crippen LogP contribution in [0.3, 0.4) is 0 Å². The highest BCUT2D eigenvalue weighted by Crippen LogP contribution is 2.41. The van der Waals surface area contributed by atoms with Crippen molar-refractivity contribution in [1.29, 1.82) is 0 Å². The van der Waals surface area contributed by atoms with Gasteiger partial charge in [-0.05, 0) is 12.1 Å². The number of pyridine rings is 1. The number of nitrogens with zero attached hydrogens (tertiary/aromatic N) is 7. The van der Waals surface area contributed by atoms with Gasteiger partial charge < -0.3 is 11.5 Å². The fraction of sp³-hybridized carbons (Fsp3) is 0.0526. The molecule has 5 rings (SSSR count). The lowest BCUT2D eigenvalue weighted by Crippen LogP contribution is -2.21. The summed E-state index contributed by atoms with van der Waals surface area (Å²) in [5, 5.41) is 12.3. The highest BCUT2D eigenvalue weighted by molar-refractivity contribution is 7.22. The molecule has 4 N–H and O–H groups in total. The third-order valence-corrected chi connectivity index (χ3v) is 5.84. The number of anilines is 1. The normalized spacial score (nSPS) is 11.9. The molecule has 34 heavy (non-hydrogen) atoms. The first-order chi connectivity index (χ1) is 16.1. The lowest BCUT2D eigenvalue weighted by Gasteiger charge is -2.12. The molecule has 15 heteroatoms. The zero-order valence-electron chi connectivity index (χ0n) is 16.7. The van der Waals surface area contributed by atoms with Gasteiger partial charge in [-0.3, -0.25) is 9.78 Å². The summed E-state index contributed by atoms with van der Waals surface area (Å²) in [5.74, 6) is -1.30. The molecule has 10 nitrogen and oxygen atoms in total. The minimum Gasteiger partial charge on any atom is -0.375 e. The summed E-state index contributed by atoms with van der Waals surface area (Å²) in [6.07, 6.45) is -1.25. The van der Waals surface area contributed by atoms with Gasteiger partial charge in [-0.2, -0.15) is 23.4 Å². The quantitative estimate of drug-likeness (QED) is 0.380. The van der Waals surface area contributed by atoms with Crippen molar-refractivity contribution in [1.82, 2.24) is 34.7 Å². The van der Waals surface area contributed by atoms with E-state index in [1.807, 2.05) is 0 Å². The molecule has 0 saturated heterocycles. The van der Waals surface area contributed by atoms with Crippen molar-refractivity contribution in [2.24, 2.45) is 5.73 Å². The zero-order chi connectivity index (χ0) is 24.2. The third kappa shape index (κ3) is 3.62. The van der Waals surface area contributed by atoms with Crippen molar-refractivity contribution in [3.63, 3.8) is 0 Å². The predicted molar refractivity (Wildman–Crippen MR) is 118 cm³/mol. The number of alkyl halides is 3.